The van der Waals surface area contributed by atoms with Crippen molar-refractivity contribution in [1.29, 1.82) is 0 Å². The summed E-state index contributed by atoms with van der Waals surface area (Å²) in [6.45, 7) is 7.56. The summed E-state index contributed by atoms with van der Waals surface area (Å²) in [5.74, 6) is -0.0871. The maximum Gasteiger partial charge on any atom is 0.260 e. The summed E-state index contributed by atoms with van der Waals surface area (Å²) in [6, 6.07) is 10.6. The van der Waals surface area contributed by atoms with E-state index < -0.39 is 0 Å². The van der Waals surface area contributed by atoms with Crippen LogP contribution in [0.4, 0.5) is 10.1 Å². The number of amides is 1. The zero-order chi connectivity index (χ0) is 20.8. The number of nitrogens with zero attached hydrogens (tertiary/aromatic N) is 1. The van der Waals surface area contributed by atoms with Gasteiger partial charge in [0.2, 0.25) is 0 Å². The predicted molar refractivity (Wildman–Crippen MR) is 113 cm³/mol. The van der Waals surface area contributed by atoms with Crippen LogP contribution in [0.5, 0.6) is 0 Å². The summed E-state index contributed by atoms with van der Waals surface area (Å²) in [7, 11) is 0. The topological polar surface area (TPSA) is 50.8 Å². The smallest absolute Gasteiger partial charge is 0.260 e. The van der Waals surface area contributed by atoms with E-state index >= 15 is 0 Å². The van der Waals surface area contributed by atoms with E-state index in [1.807, 2.05) is 6.07 Å². The summed E-state index contributed by atoms with van der Waals surface area (Å²) < 4.78 is 25.5. The molecule has 0 spiro atoms. The Bertz CT molecular complexity index is 1040. The van der Waals surface area contributed by atoms with Crippen molar-refractivity contribution in [2.24, 2.45) is 0 Å². The van der Waals surface area contributed by atoms with Gasteiger partial charge in [-0.25, -0.2) is 4.39 Å². The van der Waals surface area contributed by atoms with Gasteiger partial charge in [0.05, 0.1) is 17.8 Å². The molecule has 2 unspecified atom stereocenters. The second-order valence-corrected chi connectivity index (χ2v) is 8.40. The molecule has 156 valence electrons. The Morgan fingerprint density at radius 1 is 1.10 bits per heavy atom. The van der Waals surface area contributed by atoms with Gasteiger partial charge in [-0.05, 0) is 44.0 Å². The number of ether oxygens (including phenoxy) is 2. The largest absolute Gasteiger partial charge is 0.487 e. The van der Waals surface area contributed by atoms with E-state index in [1.54, 1.807) is 6.07 Å². The second-order valence-electron chi connectivity index (χ2n) is 8.40. The molecule has 3 aliphatic rings. The number of anilines is 1. The number of hydrogen-bond donors (Lipinski definition) is 1. The van der Waals surface area contributed by atoms with Crippen LogP contribution in [0.2, 0.25) is 0 Å². The van der Waals surface area contributed by atoms with Gasteiger partial charge in [-0.15, -0.1) is 0 Å². The van der Waals surface area contributed by atoms with Gasteiger partial charge in [-0.2, -0.15) is 0 Å². The van der Waals surface area contributed by atoms with Crippen molar-refractivity contribution in [3.63, 3.8) is 0 Å². The quantitative estimate of drug-likeness (QED) is 0.785. The Morgan fingerprint density at radius 3 is 2.70 bits per heavy atom. The van der Waals surface area contributed by atoms with E-state index in [9.17, 15) is 9.18 Å². The van der Waals surface area contributed by atoms with Crippen LogP contribution >= 0.6 is 0 Å². The molecule has 1 fully saturated rings. The lowest BCUT2D eigenvalue weighted by Gasteiger charge is -2.35. The molecule has 2 aromatic carbocycles. The van der Waals surface area contributed by atoms with Crippen molar-refractivity contribution in [3.05, 3.63) is 64.5 Å². The van der Waals surface area contributed by atoms with Crippen LogP contribution < -0.4 is 5.32 Å². The molecule has 2 aromatic rings. The molecule has 1 saturated heterocycles. The first kappa shape index (κ1) is 19.3. The summed E-state index contributed by atoms with van der Waals surface area (Å²) >= 11 is 0. The molecular formula is C24H25FN2O3. The van der Waals surface area contributed by atoms with E-state index in [2.05, 4.69) is 36.2 Å². The fraction of sp³-hybridized carbons (Fsp3) is 0.375. The number of benzene rings is 2. The molecule has 0 bridgehead atoms. The Hall–Kier alpha value is -2.70. The minimum absolute atomic E-state index is 0.252. The van der Waals surface area contributed by atoms with Crippen LogP contribution in [0.3, 0.4) is 0 Å². The molecule has 0 aliphatic carbocycles. The van der Waals surface area contributed by atoms with Crippen LogP contribution in [-0.4, -0.2) is 42.6 Å². The predicted octanol–water partition coefficient (Wildman–Crippen LogP) is 3.83. The van der Waals surface area contributed by atoms with E-state index in [-0.39, 0.29) is 23.9 Å². The maximum atomic E-state index is 13.8. The first-order chi connectivity index (χ1) is 14.5. The number of rotatable bonds is 3. The third-order valence-electron chi connectivity index (χ3n) is 5.95. The van der Waals surface area contributed by atoms with E-state index in [1.165, 1.54) is 17.7 Å². The van der Waals surface area contributed by atoms with Crippen molar-refractivity contribution in [2.45, 2.75) is 39.1 Å². The lowest BCUT2D eigenvalue weighted by atomic mass is 9.98. The van der Waals surface area contributed by atoms with Crippen molar-refractivity contribution in [3.8, 4) is 0 Å². The van der Waals surface area contributed by atoms with E-state index in [0.717, 1.165) is 37.2 Å². The van der Waals surface area contributed by atoms with Crippen LogP contribution in [-0.2, 0) is 27.3 Å². The Labute approximate surface area is 175 Å². The number of carbonyl (C=O) groups excluding carboxylic acids is 1. The number of carbonyl (C=O) groups is 1. The first-order valence-corrected chi connectivity index (χ1v) is 10.5. The average molecular weight is 408 g/mol. The van der Waals surface area contributed by atoms with Gasteiger partial charge in [0.25, 0.3) is 5.91 Å². The van der Waals surface area contributed by atoms with Crippen LogP contribution in [0.1, 0.15) is 36.1 Å². The zero-order valence-electron chi connectivity index (χ0n) is 17.2. The molecule has 0 aromatic heterocycles. The van der Waals surface area contributed by atoms with Gasteiger partial charge in [0.15, 0.2) is 0 Å². The fourth-order valence-corrected chi connectivity index (χ4v) is 4.70. The minimum Gasteiger partial charge on any atom is -0.487 e. The normalized spacial score (nSPS) is 25.6. The van der Waals surface area contributed by atoms with E-state index in [0.29, 0.717) is 29.2 Å². The molecule has 2 atom stereocenters. The number of hydrogen-bond acceptors (Lipinski definition) is 4. The highest BCUT2D eigenvalue weighted by Gasteiger charge is 2.33. The molecule has 3 aliphatic heterocycles. The van der Waals surface area contributed by atoms with Crippen molar-refractivity contribution in [1.82, 2.24) is 4.90 Å². The highest BCUT2D eigenvalue weighted by Crippen LogP contribution is 2.41. The van der Waals surface area contributed by atoms with Crippen molar-refractivity contribution >= 4 is 22.9 Å². The highest BCUT2D eigenvalue weighted by molar-refractivity contribution is 6.36. The first-order valence-electron chi connectivity index (χ1n) is 10.5. The standard InChI is InChI=1S/C24H25FN2O3/c1-14-11-27(12-15(2)30-14)8-7-16-3-5-19-17(9-16)13-29-23(19)22-20-10-18(25)4-6-21(20)26-24(22)28/h3-6,9-10,14-15H,7-8,11-13H2,1-2H3,(H,26,28). The molecule has 1 N–H and O–H groups in total. The number of morpholine rings is 1. The molecular weight excluding hydrogens is 383 g/mol. The van der Waals surface area contributed by atoms with Gasteiger partial charge >= 0.3 is 0 Å². The Balaban J connectivity index is 1.38. The van der Waals surface area contributed by atoms with Crippen molar-refractivity contribution in [2.75, 3.05) is 25.0 Å². The average Bonchev–Trinajstić information content (AvgIpc) is 3.24. The number of nitrogens with one attached hydrogen (secondary N) is 1. The molecule has 30 heavy (non-hydrogen) atoms. The van der Waals surface area contributed by atoms with Gasteiger partial charge in [-0.1, -0.05) is 18.2 Å². The second kappa shape index (κ2) is 7.52. The maximum absolute atomic E-state index is 13.8. The fourth-order valence-electron chi connectivity index (χ4n) is 4.70. The molecule has 5 nitrogen and oxygen atoms in total. The number of fused-ring (bicyclic) bond motifs is 2. The lowest BCUT2D eigenvalue weighted by Crippen LogP contribution is -2.46. The molecule has 1 amide bonds. The summed E-state index contributed by atoms with van der Waals surface area (Å²) in [4.78, 5) is 15.0. The Kier molecular flexibility index (Phi) is 4.83. The van der Waals surface area contributed by atoms with Gasteiger partial charge in [0, 0.05) is 42.0 Å². The molecule has 5 rings (SSSR count). The summed E-state index contributed by atoms with van der Waals surface area (Å²) in [6.07, 6.45) is 1.48. The van der Waals surface area contributed by atoms with Crippen LogP contribution in [0.25, 0.3) is 11.3 Å². The molecule has 6 heteroatoms. The monoisotopic (exact) mass is 408 g/mol. The van der Waals surface area contributed by atoms with Crippen LogP contribution in [0, 0.1) is 5.82 Å². The highest BCUT2D eigenvalue weighted by atomic mass is 19.1. The summed E-state index contributed by atoms with van der Waals surface area (Å²) in [5, 5.41) is 2.80. The van der Waals surface area contributed by atoms with Gasteiger partial charge in [-0.3, -0.25) is 9.69 Å². The van der Waals surface area contributed by atoms with Gasteiger partial charge in [0.1, 0.15) is 18.2 Å². The molecule has 0 saturated carbocycles. The molecule has 3 heterocycles. The third-order valence-corrected chi connectivity index (χ3v) is 5.95. The van der Waals surface area contributed by atoms with E-state index in [4.69, 9.17) is 9.47 Å². The van der Waals surface area contributed by atoms with Crippen molar-refractivity contribution < 1.29 is 18.7 Å². The third kappa shape index (κ3) is 3.50. The van der Waals surface area contributed by atoms with Crippen LogP contribution in [0.15, 0.2) is 36.4 Å². The SMILES string of the molecule is CC1CN(CCc2ccc3c(c2)COC3=C2C(=O)Nc3ccc(F)cc32)CC(C)O1. The summed E-state index contributed by atoms with van der Waals surface area (Å²) in [5.41, 5.74) is 4.81. The lowest BCUT2D eigenvalue weighted by molar-refractivity contribution is -0.110. The minimum atomic E-state index is -0.372. The number of halogens is 1. The zero-order valence-corrected chi connectivity index (χ0v) is 17.2. The van der Waals surface area contributed by atoms with Gasteiger partial charge < -0.3 is 14.8 Å². The Morgan fingerprint density at radius 2 is 1.90 bits per heavy atom. The molecule has 0 radical (unpaired) electrons.